The average Bonchev–Trinajstić information content (AvgIpc) is 3.51. The molecule has 224 valence electrons. The summed E-state index contributed by atoms with van der Waals surface area (Å²) in [5, 5.41) is 7.69. The Hall–Kier alpha value is -4.81. The Labute approximate surface area is 256 Å². The van der Waals surface area contributed by atoms with Crippen LogP contribution >= 0.6 is 11.6 Å². The summed E-state index contributed by atoms with van der Waals surface area (Å²) >= 11 is 6.37. The monoisotopic (exact) mass is 614 g/mol. The van der Waals surface area contributed by atoms with Crippen molar-refractivity contribution in [1.82, 2.24) is 34.9 Å². The summed E-state index contributed by atoms with van der Waals surface area (Å²) in [6.45, 7) is 7.39. The molecule has 0 spiro atoms. The number of nitrogens with zero attached hydrogens (tertiary/aromatic N) is 7. The molecule has 0 unspecified atom stereocenters. The zero-order valence-corrected chi connectivity index (χ0v) is 24.6. The van der Waals surface area contributed by atoms with Gasteiger partial charge in [-0.25, -0.2) is 9.37 Å². The minimum atomic E-state index is -0.663. The molecule has 2 aromatic carbocycles. The highest BCUT2D eigenvalue weighted by Gasteiger charge is 2.26. The van der Waals surface area contributed by atoms with Crippen molar-refractivity contribution in [2.45, 2.75) is 13.0 Å². The zero-order chi connectivity index (χ0) is 30.4. The first-order valence-corrected chi connectivity index (χ1v) is 14.6. The third kappa shape index (κ3) is 5.05. The van der Waals surface area contributed by atoms with Gasteiger partial charge in [0, 0.05) is 57.1 Å². The predicted octanol–water partition coefficient (Wildman–Crippen LogP) is 5.10. The van der Waals surface area contributed by atoms with Crippen molar-refractivity contribution < 1.29 is 18.7 Å². The molecule has 0 radical (unpaired) electrons. The van der Waals surface area contributed by atoms with E-state index < -0.39 is 5.82 Å². The lowest BCUT2D eigenvalue weighted by Crippen LogP contribution is -2.48. The topological polar surface area (TPSA) is 113 Å². The molecule has 0 bridgehead atoms. The molecular formula is C31H28ClFN8O3. The van der Waals surface area contributed by atoms with Crippen LogP contribution in [0.15, 0.2) is 55.4 Å². The molecule has 7 rings (SSSR count). The molecule has 2 aliphatic heterocycles. The van der Waals surface area contributed by atoms with Gasteiger partial charge in [-0.1, -0.05) is 30.3 Å². The molecule has 5 aromatic rings. The number of benzene rings is 2. The first kappa shape index (κ1) is 28.0. The molecule has 1 N–H and O–H groups in total. The number of hydrogen-bond donors (Lipinski definition) is 1. The highest BCUT2D eigenvalue weighted by molar-refractivity contribution is 6.33. The van der Waals surface area contributed by atoms with Crippen molar-refractivity contribution in [3.05, 3.63) is 77.3 Å². The summed E-state index contributed by atoms with van der Waals surface area (Å²) in [6, 6.07) is 9.15. The number of aromatic amines is 1. The summed E-state index contributed by atoms with van der Waals surface area (Å²) < 4.78 is 27.3. The minimum Gasteiger partial charge on any atom is -0.434 e. The third-order valence-electron chi connectivity index (χ3n) is 8.01. The van der Waals surface area contributed by atoms with E-state index in [-0.39, 0.29) is 28.6 Å². The number of carbonyl (C=O) groups excluding carboxylic acids is 1. The maximum atomic E-state index is 14.7. The Morgan fingerprint density at radius 3 is 2.77 bits per heavy atom. The lowest BCUT2D eigenvalue weighted by Gasteiger charge is -2.35. The van der Waals surface area contributed by atoms with Gasteiger partial charge in [-0.3, -0.25) is 9.89 Å². The van der Waals surface area contributed by atoms with Crippen LogP contribution < -0.4 is 14.4 Å². The second-order valence-corrected chi connectivity index (χ2v) is 11.2. The van der Waals surface area contributed by atoms with Crippen LogP contribution in [0.1, 0.15) is 11.1 Å². The van der Waals surface area contributed by atoms with E-state index in [9.17, 15) is 9.18 Å². The standard InChI is InChI=1S/C31H28ClFN8O3/c1-3-25(42)40-11-13-41(14-12-40)29-20-7-9-34-30(44-28-21-16-35-38-23(21)15-22(33)26(28)32)27(20)36-31(37-29)43-24-6-4-5-18-17-39(2)10-8-19(18)24/h3-7,9,15-16H,1,8,10-14,17H2,2H3,(H,35,38). The van der Waals surface area contributed by atoms with Gasteiger partial charge in [0.05, 0.1) is 22.5 Å². The number of carbonyl (C=O) groups is 1. The second-order valence-electron chi connectivity index (χ2n) is 10.8. The maximum Gasteiger partial charge on any atom is 0.324 e. The molecule has 11 nitrogen and oxygen atoms in total. The zero-order valence-electron chi connectivity index (χ0n) is 23.9. The molecule has 1 amide bonds. The highest BCUT2D eigenvalue weighted by Crippen LogP contribution is 2.41. The van der Waals surface area contributed by atoms with Crippen LogP contribution in [0.5, 0.6) is 23.4 Å². The molecule has 1 fully saturated rings. The molecule has 0 aliphatic carbocycles. The Morgan fingerprint density at radius 2 is 1.95 bits per heavy atom. The van der Waals surface area contributed by atoms with Crippen LogP contribution in [0, 0.1) is 5.82 Å². The maximum absolute atomic E-state index is 14.7. The van der Waals surface area contributed by atoms with Gasteiger partial charge in [0.2, 0.25) is 11.8 Å². The van der Waals surface area contributed by atoms with Gasteiger partial charge in [0.15, 0.2) is 5.75 Å². The van der Waals surface area contributed by atoms with E-state index in [1.165, 1.54) is 23.9 Å². The van der Waals surface area contributed by atoms with Crippen LogP contribution in [0.2, 0.25) is 5.02 Å². The van der Waals surface area contributed by atoms with Crippen molar-refractivity contribution in [1.29, 1.82) is 0 Å². The van der Waals surface area contributed by atoms with Gasteiger partial charge in [-0.05, 0) is 37.2 Å². The van der Waals surface area contributed by atoms with Gasteiger partial charge < -0.3 is 24.2 Å². The van der Waals surface area contributed by atoms with Crippen LogP contribution in [0.25, 0.3) is 21.8 Å². The average molecular weight is 615 g/mol. The van der Waals surface area contributed by atoms with Gasteiger partial charge in [0.25, 0.3) is 0 Å². The van der Waals surface area contributed by atoms with Crippen molar-refractivity contribution in [3.63, 3.8) is 0 Å². The molecule has 44 heavy (non-hydrogen) atoms. The first-order chi connectivity index (χ1) is 21.4. The Balaban J connectivity index is 1.33. The van der Waals surface area contributed by atoms with Gasteiger partial charge in [0.1, 0.15) is 27.9 Å². The van der Waals surface area contributed by atoms with Gasteiger partial charge in [-0.2, -0.15) is 15.1 Å². The Morgan fingerprint density at radius 1 is 1.11 bits per heavy atom. The summed E-state index contributed by atoms with van der Waals surface area (Å²) in [4.78, 5) is 32.4. The minimum absolute atomic E-state index is 0.0656. The predicted molar refractivity (Wildman–Crippen MR) is 164 cm³/mol. The molecular weight excluding hydrogens is 587 g/mol. The fourth-order valence-corrected chi connectivity index (χ4v) is 5.93. The van der Waals surface area contributed by atoms with E-state index in [4.69, 9.17) is 31.0 Å². The van der Waals surface area contributed by atoms with Crippen LogP contribution in [-0.4, -0.2) is 80.6 Å². The number of amides is 1. The van der Waals surface area contributed by atoms with Gasteiger partial charge >= 0.3 is 6.01 Å². The van der Waals surface area contributed by atoms with Crippen molar-refractivity contribution in [3.8, 4) is 23.4 Å². The van der Waals surface area contributed by atoms with Crippen LogP contribution in [0.4, 0.5) is 10.2 Å². The fourth-order valence-electron chi connectivity index (χ4n) is 5.73. The summed E-state index contributed by atoms with van der Waals surface area (Å²) in [7, 11) is 2.09. The SMILES string of the molecule is C=CC(=O)N1CCN(c2nc(Oc3cccc4c3CCN(C)C4)nc3c(Oc4c(Cl)c(F)cc5[nH]ncc45)nccc23)CC1. The molecule has 5 heterocycles. The number of anilines is 1. The number of pyridine rings is 1. The number of hydrogen-bond acceptors (Lipinski definition) is 9. The normalized spacial score (nSPS) is 15.4. The number of nitrogens with one attached hydrogen (secondary N) is 1. The van der Waals surface area contributed by atoms with Crippen molar-refractivity contribution >= 4 is 45.1 Å². The van der Waals surface area contributed by atoms with E-state index in [1.807, 2.05) is 12.1 Å². The molecule has 0 atom stereocenters. The number of H-pyrrole nitrogens is 1. The number of halogens is 2. The molecule has 1 saturated heterocycles. The smallest absolute Gasteiger partial charge is 0.324 e. The summed E-state index contributed by atoms with van der Waals surface area (Å²) in [6.07, 6.45) is 5.24. The molecule has 0 saturated carbocycles. The summed E-state index contributed by atoms with van der Waals surface area (Å²) in [5.74, 6) is 0.676. The number of fused-ring (bicyclic) bond motifs is 3. The highest BCUT2D eigenvalue weighted by atomic mass is 35.5. The van der Waals surface area contributed by atoms with E-state index in [0.717, 1.165) is 25.1 Å². The number of ether oxygens (including phenoxy) is 2. The van der Waals surface area contributed by atoms with Crippen LogP contribution in [0.3, 0.4) is 0 Å². The molecule has 3 aromatic heterocycles. The Kier molecular flexibility index (Phi) is 7.23. The van der Waals surface area contributed by atoms with E-state index in [2.05, 4.69) is 44.7 Å². The van der Waals surface area contributed by atoms with E-state index in [1.54, 1.807) is 17.2 Å². The summed E-state index contributed by atoms with van der Waals surface area (Å²) in [5.41, 5.74) is 3.09. The largest absolute Gasteiger partial charge is 0.434 e. The lowest BCUT2D eigenvalue weighted by atomic mass is 9.99. The second kappa shape index (κ2) is 11.4. The fraction of sp³-hybridized carbons (Fsp3) is 0.258. The first-order valence-electron chi connectivity index (χ1n) is 14.2. The molecule has 13 heteroatoms. The van der Waals surface area contributed by atoms with E-state index in [0.29, 0.717) is 59.6 Å². The number of aromatic nitrogens is 5. The van der Waals surface area contributed by atoms with Gasteiger partial charge in [-0.15, -0.1) is 0 Å². The van der Waals surface area contributed by atoms with Crippen LogP contribution in [-0.2, 0) is 17.8 Å². The van der Waals surface area contributed by atoms with Crippen molar-refractivity contribution in [2.24, 2.45) is 0 Å². The third-order valence-corrected chi connectivity index (χ3v) is 8.37. The Bertz CT molecular complexity index is 1920. The number of rotatable bonds is 6. The number of likely N-dealkylation sites (N-methyl/N-ethyl adjacent to an activating group) is 1. The quantitative estimate of drug-likeness (QED) is 0.261. The molecule has 2 aliphatic rings. The number of piperazine rings is 1. The van der Waals surface area contributed by atoms with Crippen molar-refractivity contribution in [2.75, 3.05) is 44.7 Å². The van der Waals surface area contributed by atoms with E-state index >= 15 is 0 Å². The lowest BCUT2D eigenvalue weighted by molar-refractivity contribution is -0.126.